The van der Waals surface area contributed by atoms with Crippen LogP contribution in [0.5, 0.6) is 0 Å². The molecule has 0 atom stereocenters. The minimum Gasteiger partial charge on any atom is -0.399 e. The maximum Gasteiger partial charge on any atom is 0.494 e. The molecule has 1 aliphatic heterocycles. The highest BCUT2D eigenvalue weighted by Gasteiger charge is 2.51. The maximum absolute atomic E-state index is 13.8. The minimum atomic E-state index is -0.476. The fraction of sp³-hybridized carbons (Fsp3) is 0.333. The topological polar surface area (TPSA) is 53.4 Å². The van der Waals surface area contributed by atoms with E-state index >= 15 is 0 Å². The van der Waals surface area contributed by atoms with Crippen LogP contribution in [0.2, 0.25) is 0 Å². The first kappa shape index (κ1) is 21.5. The third-order valence-electron chi connectivity index (χ3n) is 6.01. The zero-order chi connectivity index (χ0) is 22.4. The van der Waals surface area contributed by atoms with Crippen LogP contribution in [0.3, 0.4) is 0 Å². The van der Waals surface area contributed by atoms with Crippen LogP contribution in [0.25, 0.3) is 11.3 Å². The van der Waals surface area contributed by atoms with Crippen molar-refractivity contribution < 1.29 is 13.7 Å². The second-order valence-corrected chi connectivity index (χ2v) is 9.07. The quantitative estimate of drug-likeness (QED) is 0.604. The lowest BCUT2D eigenvalue weighted by Crippen LogP contribution is -2.41. The van der Waals surface area contributed by atoms with Gasteiger partial charge < -0.3 is 9.31 Å². The normalized spacial score (nSPS) is 17.2. The van der Waals surface area contributed by atoms with Crippen LogP contribution < -0.4 is 11.0 Å². The molecule has 1 aromatic heterocycles. The molecule has 1 aliphatic rings. The number of hydrogen-bond acceptors (Lipinski definition) is 4. The zero-order valence-corrected chi connectivity index (χ0v) is 18.5. The van der Waals surface area contributed by atoms with E-state index in [1.807, 2.05) is 65.0 Å². The Morgan fingerprint density at radius 2 is 1.71 bits per heavy atom. The summed E-state index contributed by atoms with van der Waals surface area (Å²) in [6, 6.07) is 15.6. The molecule has 0 saturated carbocycles. The molecule has 2 heterocycles. The standard InChI is InChI=1S/C24H26BFN2O3/c1-16-11-18(14-20(26)12-16)21-9-10-22(29)28(27-21)15-17-7-6-8-19(13-17)25-30-23(2,3)24(4,5)31-25/h6-14H,15H2,1-5H3. The Kier molecular flexibility index (Phi) is 5.35. The zero-order valence-electron chi connectivity index (χ0n) is 18.5. The van der Waals surface area contributed by atoms with Crippen LogP contribution >= 0.6 is 0 Å². The van der Waals surface area contributed by atoms with Crippen molar-refractivity contribution in [1.82, 2.24) is 9.78 Å². The molecule has 0 aliphatic carbocycles. The van der Waals surface area contributed by atoms with Crippen molar-refractivity contribution in [3.05, 3.63) is 81.9 Å². The average Bonchev–Trinajstić information content (AvgIpc) is 2.90. The van der Waals surface area contributed by atoms with Gasteiger partial charge in [0.25, 0.3) is 5.56 Å². The predicted molar refractivity (Wildman–Crippen MR) is 120 cm³/mol. The summed E-state index contributed by atoms with van der Waals surface area (Å²) in [6.45, 7) is 10.2. The number of aromatic nitrogens is 2. The molecule has 4 rings (SSSR count). The van der Waals surface area contributed by atoms with Crippen molar-refractivity contribution in [3.8, 4) is 11.3 Å². The Bertz CT molecular complexity index is 1150. The summed E-state index contributed by atoms with van der Waals surface area (Å²) < 4.78 is 27.5. The van der Waals surface area contributed by atoms with Gasteiger partial charge in [0.1, 0.15) is 5.82 Å². The van der Waals surface area contributed by atoms with E-state index in [2.05, 4.69) is 5.10 Å². The summed E-state index contributed by atoms with van der Waals surface area (Å²) in [7, 11) is -0.476. The molecule has 0 radical (unpaired) electrons. The third-order valence-corrected chi connectivity index (χ3v) is 6.01. The summed E-state index contributed by atoms with van der Waals surface area (Å²) in [6.07, 6.45) is 0. The highest BCUT2D eigenvalue weighted by Crippen LogP contribution is 2.36. The monoisotopic (exact) mass is 420 g/mol. The Morgan fingerprint density at radius 1 is 1.00 bits per heavy atom. The van der Waals surface area contributed by atoms with Crippen LogP contribution in [-0.4, -0.2) is 28.1 Å². The van der Waals surface area contributed by atoms with E-state index in [1.54, 1.807) is 6.07 Å². The van der Waals surface area contributed by atoms with Gasteiger partial charge in [-0.1, -0.05) is 24.3 Å². The molecule has 0 bridgehead atoms. The number of rotatable bonds is 4. The fourth-order valence-corrected chi connectivity index (χ4v) is 3.59. The highest BCUT2D eigenvalue weighted by molar-refractivity contribution is 6.62. The predicted octanol–water partition coefficient (Wildman–Crippen LogP) is 3.71. The van der Waals surface area contributed by atoms with Gasteiger partial charge in [0.2, 0.25) is 0 Å². The summed E-state index contributed by atoms with van der Waals surface area (Å²) in [4.78, 5) is 12.4. The van der Waals surface area contributed by atoms with Crippen LogP contribution in [-0.2, 0) is 15.9 Å². The molecule has 0 amide bonds. The number of hydrogen-bond donors (Lipinski definition) is 0. The molecule has 5 nitrogen and oxygen atoms in total. The lowest BCUT2D eigenvalue weighted by Gasteiger charge is -2.32. The molecule has 1 saturated heterocycles. The number of halogens is 1. The molecule has 3 aromatic rings. The van der Waals surface area contributed by atoms with E-state index in [0.717, 1.165) is 16.6 Å². The SMILES string of the molecule is Cc1cc(F)cc(-c2ccc(=O)n(Cc3cccc(B4OC(C)(C)C(C)(C)O4)c3)n2)c1. The highest BCUT2D eigenvalue weighted by atomic mass is 19.1. The molecule has 0 spiro atoms. The summed E-state index contributed by atoms with van der Waals surface area (Å²) >= 11 is 0. The molecular weight excluding hydrogens is 394 g/mol. The van der Waals surface area contributed by atoms with Crippen LogP contribution in [0.15, 0.2) is 59.4 Å². The Morgan fingerprint density at radius 3 is 2.39 bits per heavy atom. The largest absolute Gasteiger partial charge is 0.494 e. The first-order valence-electron chi connectivity index (χ1n) is 10.3. The lowest BCUT2D eigenvalue weighted by atomic mass is 9.78. The lowest BCUT2D eigenvalue weighted by molar-refractivity contribution is 0.00578. The third kappa shape index (κ3) is 4.34. The van der Waals surface area contributed by atoms with Crippen LogP contribution in [0.4, 0.5) is 4.39 Å². The summed E-state index contributed by atoms with van der Waals surface area (Å²) in [5.41, 5.74) is 2.69. The molecule has 0 N–H and O–H groups in total. The fourth-order valence-electron chi connectivity index (χ4n) is 3.59. The number of nitrogens with zero attached hydrogens (tertiary/aromatic N) is 2. The van der Waals surface area contributed by atoms with Gasteiger partial charge in [-0.25, -0.2) is 9.07 Å². The van der Waals surface area contributed by atoms with E-state index in [-0.39, 0.29) is 17.9 Å². The average molecular weight is 420 g/mol. The first-order chi connectivity index (χ1) is 14.5. The molecule has 160 valence electrons. The van der Waals surface area contributed by atoms with Crippen LogP contribution in [0.1, 0.15) is 38.8 Å². The molecule has 7 heteroatoms. The Labute approximate surface area is 182 Å². The molecule has 1 fully saturated rings. The number of aryl methyl sites for hydroxylation is 1. The van der Waals surface area contributed by atoms with Gasteiger partial charge in [-0.3, -0.25) is 4.79 Å². The summed E-state index contributed by atoms with van der Waals surface area (Å²) in [5, 5.41) is 4.47. The van der Waals surface area contributed by atoms with Gasteiger partial charge in [0.05, 0.1) is 23.4 Å². The van der Waals surface area contributed by atoms with Gasteiger partial charge in [-0.05, 0) is 75.5 Å². The van der Waals surface area contributed by atoms with E-state index < -0.39 is 18.3 Å². The van der Waals surface area contributed by atoms with E-state index in [1.165, 1.54) is 22.9 Å². The molecule has 31 heavy (non-hydrogen) atoms. The van der Waals surface area contributed by atoms with Gasteiger partial charge >= 0.3 is 7.12 Å². The second kappa shape index (κ2) is 7.73. The van der Waals surface area contributed by atoms with Crippen molar-refractivity contribution >= 4 is 12.6 Å². The van der Waals surface area contributed by atoms with E-state index in [0.29, 0.717) is 11.3 Å². The smallest absolute Gasteiger partial charge is 0.399 e. The van der Waals surface area contributed by atoms with Crippen molar-refractivity contribution in [2.75, 3.05) is 0 Å². The minimum absolute atomic E-state index is 0.224. The van der Waals surface area contributed by atoms with Crippen molar-refractivity contribution in [2.24, 2.45) is 0 Å². The van der Waals surface area contributed by atoms with Gasteiger partial charge in [0, 0.05) is 11.6 Å². The molecule has 2 aromatic carbocycles. The van der Waals surface area contributed by atoms with Crippen molar-refractivity contribution in [2.45, 2.75) is 52.4 Å². The Hall–Kier alpha value is -2.77. The van der Waals surface area contributed by atoms with Crippen molar-refractivity contribution in [1.29, 1.82) is 0 Å². The van der Waals surface area contributed by atoms with E-state index in [4.69, 9.17) is 9.31 Å². The molecular formula is C24H26BFN2O3. The maximum atomic E-state index is 13.8. The van der Waals surface area contributed by atoms with E-state index in [9.17, 15) is 9.18 Å². The first-order valence-corrected chi connectivity index (χ1v) is 10.3. The molecule has 0 unspecified atom stereocenters. The Balaban J connectivity index is 1.62. The second-order valence-electron chi connectivity index (χ2n) is 9.07. The number of benzene rings is 2. The van der Waals surface area contributed by atoms with Gasteiger partial charge in [-0.15, -0.1) is 0 Å². The van der Waals surface area contributed by atoms with Crippen molar-refractivity contribution in [3.63, 3.8) is 0 Å². The van der Waals surface area contributed by atoms with Gasteiger partial charge in [0.15, 0.2) is 0 Å². The van der Waals surface area contributed by atoms with Crippen LogP contribution in [0, 0.1) is 12.7 Å². The summed E-state index contributed by atoms with van der Waals surface area (Å²) in [5.74, 6) is -0.329. The van der Waals surface area contributed by atoms with Gasteiger partial charge in [-0.2, -0.15) is 5.10 Å².